The second-order valence-corrected chi connectivity index (χ2v) is 5.95. The van der Waals surface area contributed by atoms with Crippen LogP contribution >= 0.6 is 7.37 Å². The van der Waals surface area contributed by atoms with Gasteiger partial charge < -0.3 is 4.89 Å². The van der Waals surface area contributed by atoms with E-state index in [1.54, 1.807) is 6.92 Å². The molecule has 3 heteroatoms. The summed E-state index contributed by atoms with van der Waals surface area (Å²) in [5.41, 5.74) is 2.12. The van der Waals surface area contributed by atoms with E-state index in [4.69, 9.17) is 0 Å². The highest BCUT2D eigenvalue weighted by Gasteiger charge is 2.14. The molecule has 0 aliphatic rings. The van der Waals surface area contributed by atoms with Gasteiger partial charge in [-0.15, -0.1) is 0 Å². The summed E-state index contributed by atoms with van der Waals surface area (Å²) in [5.74, 6) is 0. The minimum absolute atomic E-state index is 0.295. The molecule has 0 fully saturated rings. The van der Waals surface area contributed by atoms with Crippen molar-refractivity contribution in [2.75, 3.05) is 6.16 Å². The minimum Gasteiger partial charge on any atom is -0.344 e. The Morgan fingerprint density at radius 1 is 1.31 bits per heavy atom. The first-order valence-corrected chi connectivity index (χ1v) is 6.43. The van der Waals surface area contributed by atoms with Gasteiger partial charge in [0, 0.05) is 12.3 Å². The van der Waals surface area contributed by atoms with Crippen LogP contribution in [0.5, 0.6) is 0 Å². The molecule has 1 atom stereocenters. The molecule has 0 radical (unpaired) electrons. The van der Waals surface area contributed by atoms with Gasteiger partial charge in [0.05, 0.1) is 0 Å². The molecule has 1 N–H and O–H groups in total. The zero-order valence-corrected chi connectivity index (χ0v) is 8.92. The fraction of sp³-hybridized carbons (Fsp3) is 0.400. The lowest BCUT2D eigenvalue weighted by Gasteiger charge is -2.08. The SMILES string of the molecule is CCP(=O)(O)Cc1ccc(C)cc1. The van der Waals surface area contributed by atoms with E-state index in [0.717, 1.165) is 5.56 Å². The third kappa shape index (κ3) is 3.33. The Morgan fingerprint density at radius 2 is 1.85 bits per heavy atom. The van der Waals surface area contributed by atoms with Crippen LogP contribution in [0.15, 0.2) is 24.3 Å². The van der Waals surface area contributed by atoms with E-state index < -0.39 is 7.37 Å². The van der Waals surface area contributed by atoms with Gasteiger partial charge in [0.25, 0.3) is 0 Å². The number of rotatable bonds is 3. The van der Waals surface area contributed by atoms with E-state index in [1.165, 1.54) is 5.56 Å². The summed E-state index contributed by atoms with van der Waals surface area (Å²) in [4.78, 5) is 9.40. The van der Waals surface area contributed by atoms with E-state index in [2.05, 4.69) is 0 Å². The van der Waals surface area contributed by atoms with Gasteiger partial charge in [-0.3, -0.25) is 4.57 Å². The van der Waals surface area contributed by atoms with Crippen molar-refractivity contribution in [1.82, 2.24) is 0 Å². The van der Waals surface area contributed by atoms with Crippen molar-refractivity contribution in [3.05, 3.63) is 35.4 Å². The largest absolute Gasteiger partial charge is 0.344 e. The number of aryl methyl sites for hydroxylation is 1. The van der Waals surface area contributed by atoms with Crippen LogP contribution < -0.4 is 0 Å². The van der Waals surface area contributed by atoms with Crippen LogP contribution in [0, 0.1) is 6.92 Å². The molecule has 0 amide bonds. The lowest BCUT2D eigenvalue weighted by molar-refractivity contribution is 0.478. The molecule has 0 saturated heterocycles. The Labute approximate surface area is 79.1 Å². The van der Waals surface area contributed by atoms with Crippen LogP contribution in [0.2, 0.25) is 0 Å². The van der Waals surface area contributed by atoms with E-state index in [-0.39, 0.29) is 0 Å². The van der Waals surface area contributed by atoms with E-state index in [0.29, 0.717) is 12.3 Å². The predicted octanol–water partition coefficient (Wildman–Crippen LogP) is 2.79. The first kappa shape index (κ1) is 10.5. The van der Waals surface area contributed by atoms with Crippen LogP contribution in [-0.4, -0.2) is 11.1 Å². The molecular weight excluding hydrogens is 183 g/mol. The number of hydrogen-bond acceptors (Lipinski definition) is 1. The van der Waals surface area contributed by atoms with Crippen LogP contribution in [-0.2, 0) is 10.7 Å². The Kier molecular flexibility index (Phi) is 3.29. The summed E-state index contributed by atoms with van der Waals surface area (Å²) in [6.07, 6.45) is 0.644. The van der Waals surface area contributed by atoms with E-state index >= 15 is 0 Å². The fourth-order valence-electron chi connectivity index (χ4n) is 1.09. The first-order chi connectivity index (χ1) is 6.03. The molecule has 2 nitrogen and oxygen atoms in total. The lowest BCUT2D eigenvalue weighted by Crippen LogP contribution is -1.90. The second-order valence-electron chi connectivity index (χ2n) is 3.31. The van der Waals surface area contributed by atoms with Gasteiger partial charge in [-0.1, -0.05) is 36.8 Å². The monoisotopic (exact) mass is 198 g/mol. The van der Waals surface area contributed by atoms with Gasteiger partial charge in [0.2, 0.25) is 7.37 Å². The van der Waals surface area contributed by atoms with Crippen LogP contribution in [0.1, 0.15) is 18.1 Å². The molecule has 72 valence electrons. The maximum atomic E-state index is 11.4. The van der Waals surface area contributed by atoms with E-state index in [9.17, 15) is 9.46 Å². The lowest BCUT2D eigenvalue weighted by atomic mass is 10.2. The molecule has 1 rings (SSSR count). The number of benzene rings is 1. The van der Waals surface area contributed by atoms with Crippen molar-refractivity contribution >= 4 is 7.37 Å². The van der Waals surface area contributed by atoms with Crippen molar-refractivity contribution in [1.29, 1.82) is 0 Å². The smallest absolute Gasteiger partial charge is 0.204 e. The van der Waals surface area contributed by atoms with Gasteiger partial charge in [0.15, 0.2) is 0 Å². The molecule has 0 spiro atoms. The summed E-state index contributed by atoms with van der Waals surface area (Å²) < 4.78 is 11.4. The summed E-state index contributed by atoms with van der Waals surface area (Å²) in [5, 5.41) is 0. The standard InChI is InChI=1S/C10H15O2P/c1-3-13(11,12)8-10-6-4-9(2)5-7-10/h4-7H,3,8H2,1-2H3,(H,11,12). The van der Waals surface area contributed by atoms with Crippen LogP contribution in [0.4, 0.5) is 0 Å². The van der Waals surface area contributed by atoms with Crippen molar-refractivity contribution < 1.29 is 9.46 Å². The maximum Gasteiger partial charge on any atom is 0.204 e. The molecule has 13 heavy (non-hydrogen) atoms. The molecule has 0 aliphatic heterocycles. The summed E-state index contributed by atoms with van der Waals surface area (Å²) in [6.45, 7) is 3.75. The molecule has 0 saturated carbocycles. The molecule has 1 unspecified atom stereocenters. The highest BCUT2D eigenvalue weighted by Crippen LogP contribution is 2.43. The molecule has 0 aromatic heterocycles. The van der Waals surface area contributed by atoms with Gasteiger partial charge in [0.1, 0.15) is 0 Å². The average molecular weight is 198 g/mol. The van der Waals surface area contributed by atoms with Gasteiger partial charge in [-0.2, -0.15) is 0 Å². The first-order valence-electron chi connectivity index (χ1n) is 4.40. The normalized spacial score (nSPS) is 15.3. The quantitative estimate of drug-likeness (QED) is 0.758. The minimum atomic E-state index is -2.91. The third-order valence-corrected chi connectivity index (χ3v) is 3.89. The molecule has 1 aromatic rings. The molecule has 1 aromatic carbocycles. The zero-order valence-electron chi connectivity index (χ0n) is 8.03. The van der Waals surface area contributed by atoms with Gasteiger partial charge in [-0.25, -0.2) is 0 Å². The Bertz CT molecular complexity index is 316. The summed E-state index contributed by atoms with van der Waals surface area (Å²) in [6, 6.07) is 7.75. The van der Waals surface area contributed by atoms with Crippen molar-refractivity contribution in [3.8, 4) is 0 Å². The average Bonchev–Trinajstić information content (AvgIpc) is 2.09. The zero-order chi connectivity index (χ0) is 9.90. The van der Waals surface area contributed by atoms with Crippen molar-refractivity contribution in [2.45, 2.75) is 20.0 Å². The van der Waals surface area contributed by atoms with Crippen molar-refractivity contribution in [2.24, 2.45) is 0 Å². The summed E-state index contributed by atoms with van der Waals surface area (Å²) >= 11 is 0. The number of hydrogen-bond donors (Lipinski definition) is 1. The van der Waals surface area contributed by atoms with Crippen LogP contribution in [0.3, 0.4) is 0 Å². The Hall–Kier alpha value is -0.590. The third-order valence-electron chi connectivity index (χ3n) is 2.04. The maximum absolute atomic E-state index is 11.4. The molecule has 0 aliphatic carbocycles. The van der Waals surface area contributed by atoms with Crippen LogP contribution in [0.25, 0.3) is 0 Å². The van der Waals surface area contributed by atoms with E-state index in [1.807, 2.05) is 31.2 Å². The van der Waals surface area contributed by atoms with Gasteiger partial charge in [-0.05, 0) is 12.5 Å². The highest BCUT2D eigenvalue weighted by molar-refractivity contribution is 7.57. The van der Waals surface area contributed by atoms with Crippen molar-refractivity contribution in [3.63, 3.8) is 0 Å². The van der Waals surface area contributed by atoms with Gasteiger partial charge >= 0.3 is 0 Å². The summed E-state index contributed by atoms with van der Waals surface area (Å²) in [7, 11) is -2.91. The predicted molar refractivity (Wildman–Crippen MR) is 55.2 cm³/mol. The Balaban J connectivity index is 2.75. The molecular formula is C10H15O2P. The topological polar surface area (TPSA) is 37.3 Å². The fourth-order valence-corrected chi connectivity index (χ4v) is 2.10. The Morgan fingerprint density at radius 3 is 2.31 bits per heavy atom. The second kappa shape index (κ2) is 4.08. The molecule has 0 heterocycles. The highest BCUT2D eigenvalue weighted by atomic mass is 31.2. The molecule has 0 bridgehead atoms.